The standard InChI is InChI=1S/C11H14N6O2/c1-3-16-10(8(2)14-15-16)7-13-11-9(17(18)19)5-4-6-12-11/h4-6H,3,7H2,1-2H3,(H,12,13). The van der Waals surface area contributed by atoms with E-state index < -0.39 is 4.92 Å². The Morgan fingerprint density at radius 1 is 1.53 bits per heavy atom. The summed E-state index contributed by atoms with van der Waals surface area (Å²) in [4.78, 5) is 14.4. The van der Waals surface area contributed by atoms with E-state index in [9.17, 15) is 10.1 Å². The molecule has 0 fully saturated rings. The van der Waals surface area contributed by atoms with Gasteiger partial charge in [0, 0.05) is 18.8 Å². The summed E-state index contributed by atoms with van der Waals surface area (Å²) in [6.07, 6.45) is 1.51. The zero-order chi connectivity index (χ0) is 13.8. The van der Waals surface area contributed by atoms with Gasteiger partial charge in [-0.1, -0.05) is 5.21 Å². The number of pyridine rings is 1. The van der Waals surface area contributed by atoms with E-state index in [2.05, 4.69) is 20.6 Å². The van der Waals surface area contributed by atoms with E-state index in [4.69, 9.17) is 0 Å². The van der Waals surface area contributed by atoms with Crippen molar-refractivity contribution in [2.75, 3.05) is 5.32 Å². The summed E-state index contributed by atoms with van der Waals surface area (Å²) in [7, 11) is 0. The number of hydrogen-bond donors (Lipinski definition) is 1. The third-order valence-corrected chi connectivity index (χ3v) is 2.74. The number of nitro groups is 1. The van der Waals surface area contributed by atoms with Gasteiger partial charge in [-0.05, 0) is 19.9 Å². The summed E-state index contributed by atoms with van der Waals surface area (Å²) in [5, 5.41) is 21.8. The van der Waals surface area contributed by atoms with Crippen LogP contribution in [0.25, 0.3) is 0 Å². The van der Waals surface area contributed by atoms with Crippen LogP contribution in [0.2, 0.25) is 0 Å². The molecule has 0 aromatic carbocycles. The molecule has 2 aromatic heterocycles. The minimum Gasteiger partial charge on any atom is -0.359 e. The lowest BCUT2D eigenvalue weighted by atomic mass is 10.3. The quantitative estimate of drug-likeness (QED) is 0.648. The average molecular weight is 262 g/mol. The molecule has 0 unspecified atom stereocenters. The second kappa shape index (κ2) is 5.42. The van der Waals surface area contributed by atoms with Crippen LogP contribution in [0.4, 0.5) is 11.5 Å². The van der Waals surface area contributed by atoms with Gasteiger partial charge in [0.05, 0.1) is 22.9 Å². The lowest BCUT2D eigenvalue weighted by Crippen LogP contribution is -2.10. The first-order valence-electron chi connectivity index (χ1n) is 5.85. The fourth-order valence-electron chi connectivity index (χ4n) is 1.74. The molecule has 2 heterocycles. The van der Waals surface area contributed by atoms with Gasteiger partial charge in [-0.15, -0.1) is 5.10 Å². The molecule has 0 aliphatic heterocycles. The Bertz CT molecular complexity index is 595. The van der Waals surface area contributed by atoms with Crippen LogP contribution in [0.15, 0.2) is 18.3 Å². The molecule has 19 heavy (non-hydrogen) atoms. The van der Waals surface area contributed by atoms with Crippen LogP contribution in [0.5, 0.6) is 0 Å². The van der Waals surface area contributed by atoms with E-state index in [0.29, 0.717) is 13.1 Å². The minimum atomic E-state index is -0.461. The largest absolute Gasteiger partial charge is 0.359 e. The van der Waals surface area contributed by atoms with Crippen LogP contribution in [0.1, 0.15) is 18.3 Å². The zero-order valence-electron chi connectivity index (χ0n) is 10.7. The fraction of sp³-hybridized carbons (Fsp3) is 0.364. The lowest BCUT2D eigenvalue weighted by Gasteiger charge is -2.07. The molecule has 2 rings (SSSR count). The van der Waals surface area contributed by atoms with Gasteiger partial charge in [0.2, 0.25) is 5.82 Å². The highest BCUT2D eigenvalue weighted by Gasteiger charge is 2.15. The van der Waals surface area contributed by atoms with E-state index in [0.717, 1.165) is 11.4 Å². The number of hydrogen-bond acceptors (Lipinski definition) is 6. The maximum Gasteiger partial charge on any atom is 0.311 e. The summed E-state index contributed by atoms with van der Waals surface area (Å²) < 4.78 is 1.75. The van der Waals surface area contributed by atoms with Crippen LogP contribution in [-0.4, -0.2) is 24.9 Å². The number of rotatable bonds is 5. The molecule has 0 saturated heterocycles. The predicted molar refractivity (Wildman–Crippen MR) is 68.7 cm³/mol. The first kappa shape index (κ1) is 12.9. The van der Waals surface area contributed by atoms with Gasteiger partial charge in [-0.25, -0.2) is 9.67 Å². The molecule has 8 heteroatoms. The molecule has 0 atom stereocenters. The SMILES string of the molecule is CCn1nnc(C)c1CNc1ncccc1[N+](=O)[O-]. The molecule has 2 aromatic rings. The number of anilines is 1. The van der Waals surface area contributed by atoms with Crippen molar-refractivity contribution in [3.05, 3.63) is 39.8 Å². The molecule has 100 valence electrons. The number of nitrogens with zero attached hydrogens (tertiary/aromatic N) is 5. The molecule has 8 nitrogen and oxygen atoms in total. The highest BCUT2D eigenvalue weighted by molar-refractivity contribution is 5.55. The van der Waals surface area contributed by atoms with Gasteiger partial charge in [-0.3, -0.25) is 10.1 Å². The van der Waals surface area contributed by atoms with E-state index >= 15 is 0 Å². The van der Waals surface area contributed by atoms with Crippen LogP contribution < -0.4 is 5.32 Å². The Labute approximate surface area is 109 Å². The van der Waals surface area contributed by atoms with Crippen molar-refractivity contribution in [3.63, 3.8) is 0 Å². The number of nitrogens with one attached hydrogen (secondary N) is 1. The molecule has 1 N–H and O–H groups in total. The van der Waals surface area contributed by atoms with Crippen LogP contribution in [-0.2, 0) is 13.1 Å². The Balaban J connectivity index is 2.19. The molecule has 0 aliphatic rings. The maximum absolute atomic E-state index is 10.9. The highest BCUT2D eigenvalue weighted by atomic mass is 16.6. The monoisotopic (exact) mass is 262 g/mol. The van der Waals surface area contributed by atoms with E-state index in [1.165, 1.54) is 18.3 Å². The normalized spacial score (nSPS) is 10.4. The van der Waals surface area contributed by atoms with Gasteiger partial charge < -0.3 is 5.32 Å². The van der Waals surface area contributed by atoms with Gasteiger partial charge in [0.1, 0.15) is 0 Å². The maximum atomic E-state index is 10.9. The first-order valence-corrected chi connectivity index (χ1v) is 5.85. The topological polar surface area (TPSA) is 98.8 Å². The van der Waals surface area contributed by atoms with Crippen LogP contribution in [0.3, 0.4) is 0 Å². The van der Waals surface area contributed by atoms with Crippen molar-refractivity contribution in [2.45, 2.75) is 26.9 Å². The van der Waals surface area contributed by atoms with Crippen molar-refractivity contribution >= 4 is 11.5 Å². The second-order valence-electron chi connectivity index (χ2n) is 3.92. The molecular weight excluding hydrogens is 248 g/mol. The molecule has 0 radical (unpaired) electrons. The Morgan fingerprint density at radius 2 is 2.32 bits per heavy atom. The second-order valence-corrected chi connectivity index (χ2v) is 3.92. The molecule has 0 amide bonds. The van der Waals surface area contributed by atoms with Gasteiger partial charge in [-0.2, -0.15) is 0 Å². The van der Waals surface area contributed by atoms with E-state index in [1.54, 1.807) is 4.68 Å². The third kappa shape index (κ3) is 2.67. The minimum absolute atomic E-state index is 0.0457. The summed E-state index contributed by atoms with van der Waals surface area (Å²) in [6.45, 7) is 4.90. The fourth-order valence-corrected chi connectivity index (χ4v) is 1.74. The Morgan fingerprint density at radius 3 is 3.00 bits per heavy atom. The number of aromatic nitrogens is 4. The Kier molecular flexibility index (Phi) is 3.69. The van der Waals surface area contributed by atoms with Gasteiger partial charge in [0.25, 0.3) is 0 Å². The summed E-state index contributed by atoms with van der Waals surface area (Å²) >= 11 is 0. The molecule has 0 aliphatic carbocycles. The summed E-state index contributed by atoms with van der Waals surface area (Å²) in [5.74, 6) is 0.246. The molecule has 0 bridgehead atoms. The van der Waals surface area contributed by atoms with E-state index in [-0.39, 0.29) is 11.5 Å². The molecule has 0 spiro atoms. The van der Waals surface area contributed by atoms with Crippen molar-refractivity contribution < 1.29 is 4.92 Å². The molecule has 0 saturated carbocycles. The predicted octanol–water partition coefficient (Wildman–Crippen LogP) is 1.52. The smallest absolute Gasteiger partial charge is 0.311 e. The summed E-state index contributed by atoms with van der Waals surface area (Å²) in [6, 6.07) is 2.95. The van der Waals surface area contributed by atoms with Crippen LogP contribution >= 0.6 is 0 Å². The van der Waals surface area contributed by atoms with Gasteiger partial charge in [0.15, 0.2) is 0 Å². The average Bonchev–Trinajstić information content (AvgIpc) is 2.77. The molecular formula is C11H14N6O2. The Hall–Kier alpha value is -2.51. The van der Waals surface area contributed by atoms with Crippen LogP contribution in [0, 0.1) is 17.0 Å². The summed E-state index contributed by atoms with van der Waals surface area (Å²) in [5.41, 5.74) is 1.64. The van der Waals surface area contributed by atoms with Gasteiger partial charge >= 0.3 is 5.69 Å². The van der Waals surface area contributed by atoms with Crippen molar-refractivity contribution in [3.8, 4) is 0 Å². The number of aryl methyl sites for hydroxylation is 2. The van der Waals surface area contributed by atoms with Crippen molar-refractivity contribution in [1.29, 1.82) is 0 Å². The van der Waals surface area contributed by atoms with Crippen molar-refractivity contribution in [1.82, 2.24) is 20.0 Å². The van der Waals surface area contributed by atoms with Crippen molar-refractivity contribution in [2.24, 2.45) is 0 Å². The zero-order valence-corrected chi connectivity index (χ0v) is 10.7. The van der Waals surface area contributed by atoms with E-state index in [1.807, 2.05) is 13.8 Å². The first-order chi connectivity index (χ1) is 9.13. The third-order valence-electron chi connectivity index (χ3n) is 2.74. The highest BCUT2D eigenvalue weighted by Crippen LogP contribution is 2.21. The lowest BCUT2D eigenvalue weighted by molar-refractivity contribution is -0.384.